The Morgan fingerprint density at radius 3 is 2.19 bits per heavy atom. The molecule has 1 nitrogen and oxygen atoms in total. The third-order valence-electron chi connectivity index (χ3n) is 3.44. The lowest BCUT2D eigenvalue weighted by Gasteiger charge is -2.15. The number of nitrogens with one attached hydrogen (secondary N) is 1. The van der Waals surface area contributed by atoms with Crippen LogP contribution in [-0.2, 0) is 0 Å². The molecule has 0 aromatic carbocycles. The third-order valence-corrected chi connectivity index (χ3v) is 3.44. The zero-order valence-electron chi connectivity index (χ0n) is 14.4. The summed E-state index contributed by atoms with van der Waals surface area (Å²) in [4.78, 5) is 0. The van der Waals surface area contributed by atoms with Crippen molar-refractivity contribution in [2.75, 3.05) is 0 Å². The predicted octanol–water partition coefficient (Wildman–Crippen LogP) is 6.06. The van der Waals surface area contributed by atoms with Crippen LogP contribution in [0.4, 0.5) is 0 Å². The van der Waals surface area contributed by atoms with Gasteiger partial charge in [0.1, 0.15) is 0 Å². The van der Waals surface area contributed by atoms with E-state index in [0.717, 1.165) is 29.8 Å². The summed E-state index contributed by atoms with van der Waals surface area (Å²) in [5.74, 6) is 0.375. The van der Waals surface area contributed by atoms with Crippen LogP contribution in [0.2, 0.25) is 0 Å². The topological polar surface area (TPSA) is 12.0 Å². The van der Waals surface area contributed by atoms with E-state index in [0.29, 0.717) is 5.92 Å². The molecule has 116 valence electrons. The van der Waals surface area contributed by atoms with Crippen LogP contribution in [0.5, 0.6) is 0 Å². The molecule has 0 rings (SSSR count). The predicted molar refractivity (Wildman–Crippen MR) is 97.0 cm³/mol. The minimum absolute atomic E-state index is 0.375. The Bertz CT molecular complexity index is 472. The third kappa shape index (κ3) is 6.99. The molecular formula is C20H31N. The number of allylic oxidation sites excluding steroid dienone is 9. The average molecular weight is 285 g/mol. The van der Waals surface area contributed by atoms with Crippen molar-refractivity contribution in [3.63, 3.8) is 0 Å². The highest BCUT2D eigenvalue weighted by Gasteiger charge is 2.09. The Morgan fingerprint density at radius 2 is 1.81 bits per heavy atom. The van der Waals surface area contributed by atoms with Crippen molar-refractivity contribution in [3.05, 3.63) is 72.2 Å². The largest absolute Gasteiger partial charge is 0.363 e. The molecule has 0 aromatic rings. The molecule has 0 fully saturated rings. The van der Waals surface area contributed by atoms with Crippen molar-refractivity contribution in [2.24, 2.45) is 5.92 Å². The van der Waals surface area contributed by atoms with Crippen molar-refractivity contribution in [2.45, 2.75) is 47.5 Å². The summed E-state index contributed by atoms with van der Waals surface area (Å²) in [6.45, 7) is 22.4. The highest BCUT2D eigenvalue weighted by Crippen LogP contribution is 2.24. The Morgan fingerprint density at radius 1 is 1.19 bits per heavy atom. The highest BCUT2D eigenvalue weighted by atomic mass is 14.9. The summed E-state index contributed by atoms with van der Waals surface area (Å²) in [7, 11) is 0. The van der Waals surface area contributed by atoms with Gasteiger partial charge in [-0.1, -0.05) is 51.8 Å². The van der Waals surface area contributed by atoms with Gasteiger partial charge in [0.25, 0.3) is 0 Å². The molecule has 1 atom stereocenters. The molecule has 0 aromatic heterocycles. The minimum Gasteiger partial charge on any atom is -0.363 e. The molecular weight excluding hydrogens is 254 g/mol. The molecule has 0 amide bonds. The van der Waals surface area contributed by atoms with Gasteiger partial charge in [-0.3, -0.25) is 0 Å². The van der Waals surface area contributed by atoms with Gasteiger partial charge in [0.15, 0.2) is 0 Å². The molecule has 0 heterocycles. The fourth-order valence-corrected chi connectivity index (χ4v) is 2.23. The van der Waals surface area contributed by atoms with Crippen LogP contribution < -0.4 is 5.32 Å². The molecule has 0 aliphatic rings. The zero-order valence-corrected chi connectivity index (χ0v) is 14.4. The summed E-state index contributed by atoms with van der Waals surface area (Å²) < 4.78 is 0. The Labute approximate surface area is 131 Å². The van der Waals surface area contributed by atoms with E-state index in [1.165, 1.54) is 11.1 Å². The highest BCUT2D eigenvalue weighted by molar-refractivity contribution is 5.42. The maximum atomic E-state index is 4.20. The molecule has 0 bridgehead atoms. The number of hydrogen-bond acceptors (Lipinski definition) is 1. The van der Waals surface area contributed by atoms with Crippen LogP contribution in [0.15, 0.2) is 72.2 Å². The van der Waals surface area contributed by atoms with Crippen molar-refractivity contribution < 1.29 is 0 Å². The summed E-state index contributed by atoms with van der Waals surface area (Å²) in [6.07, 6.45) is 10.5. The Kier molecular flexibility index (Phi) is 9.20. The van der Waals surface area contributed by atoms with Gasteiger partial charge in [-0.25, -0.2) is 0 Å². The van der Waals surface area contributed by atoms with Crippen molar-refractivity contribution in [1.82, 2.24) is 5.32 Å². The van der Waals surface area contributed by atoms with Crippen LogP contribution in [0.25, 0.3) is 0 Å². The lowest BCUT2D eigenvalue weighted by molar-refractivity contribution is 0.738. The molecule has 0 radical (unpaired) electrons. The van der Waals surface area contributed by atoms with Gasteiger partial charge >= 0.3 is 0 Å². The number of rotatable bonds is 9. The van der Waals surface area contributed by atoms with Gasteiger partial charge in [0.2, 0.25) is 0 Å². The quantitative estimate of drug-likeness (QED) is 0.507. The van der Waals surface area contributed by atoms with Crippen molar-refractivity contribution >= 4 is 0 Å². The maximum Gasteiger partial charge on any atom is 0.0122 e. The molecule has 0 spiro atoms. The average Bonchev–Trinajstić information content (AvgIpc) is 2.44. The fraction of sp³-hybridized carbons (Fsp3) is 0.400. The lowest BCUT2D eigenvalue weighted by Crippen LogP contribution is -2.07. The summed E-state index contributed by atoms with van der Waals surface area (Å²) >= 11 is 0. The van der Waals surface area contributed by atoms with Crippen LogP contribution in [-0.4, -0.2) is 0 Å². The van der Waals surface area contributed by atoms with Crippen LogP contribution in [0, 0.1) is 5.92 Å². The molecule has 0 aliphatic heterocycles. The molecule has 1 heteroatoms. The van der Waals surface area contributed by atoms with E-state index in [-0.39, 0.29) is 0 Å². The molecule has 0 aliphatic carbocycles. The van der Waals surface area contributed by atoms with Crippen LogP contribution in [0.3, 0.4) is 0 Å². The lowest BCUT2D eigenvalue weighted by atomic mass is 9.91. The maximum absolute atomic E-state index is 4.20. The second-order valence-electron chi connectivity index (χ2n) is 5.32. The van der Waals surface area contributed by atoms with Crippen molar-refractivity contribution in [1.29, 1.82) is 0 Å². The van der Waals surface area contributed by atoms with E-state index >= 15 is 0 Å². The van der Waals surface area contributed by atoms with E-state index in [9.17, 15) is 0 Å². The first-order valence-corrected chi connectivity index (χ1v) is 7.68. The van der Waals surface area contributed by atoms with E-state index in [2.05, 4.69) is 71.0 Å². The first-order valence-electron chi connectivity index (χ1n) is 7.68. The second-order valence-corrected chi connectivity index (χ2v) is 5.32. The second kappa shape index (κ2) is 10.0. The first kappa shape index (κ1) is 19.2. The summed E-state index contributed by atoms with van der Waals surface area (Å²) in [5.41, 5.74) is 5.63. The first-order chi connectivity index (χ1) is 9.89. The fourth-order valence-electron chi connectivity index (χ4n) is 2.23. The van der Waals surface area contributed by atoms with Gasteiger partial charge in [0, 0.05) is 17.3 Å². The van der Waals surface area contributed by atoms with Crippen LogP contribution in [0.1, 0.15) is 47.5 Å². The summed E-state index contributed by atoms with van der Waals surface area (Å²) in [5, 5.41) is 3.25. The van der Waals surface area contributed by atoms with Gasteiger partial charge in [-0.05, 0) is 56.4 Å². The smallest absolute Gasteiger partial charge is 0.0122 e. The molecule has 1 unspecified atom stereocenters. The van der Waals surface area contributed by atoms with Gasteiger partial charge in [0.05, 0.1) is 0 Å². The van der Waals surface area contributed by atoms with E-state index in [1.54, 1.807) is 0 Å². The zero-order chi connectivity index (χ0) is 16.4. The molecule has 1 N–H and O–H groups in total. The number of hydrogen-bond donors (Lipinski definition) is 1. The van der Waals surface area contributed by atoms with E-state index in [1.807, 2.05) is 13.0 Å². The Hall–Kier alpha value is -1.76. The Balaban J connectivity index is 5.59. The van der Waals surface area contributed by atoms with Crippen molar-refractivity contribution in [3.8, 4) is 0 Å². The summed E-state index contributed by atoms with van der Waals surface area (Å²) in [6, 6.07) is 0. The SMILES string of the molecule is C=C/C(=C\C)C(/C=C(/C=C(\C)NC(=C)C)C(=C)CC)CC. The minimum atomic E-state index is 0.375. The van der Waals surface area contributed by atoms with Gasteiger partial charge < -0.3 is 5.32 Å². The van der Waals surface area contributed by atoms with E-state index < -0.39 is 0 Å². The molecule has 21 heavy (non-hydrogen) atoms. The van der Waals surface area contributed by atoms with Crippen LogP contribution >= 0.6 is 0 Å². The van der Waals surface area contributed by atoms with Gasteiger partial charge in [-0.2, -0.15) is 0 Å². The monoisotopic (exact) mass is 285 g/mol. The molecule has 0 saturated carbocycles. The normalized spacial score (nSPS) is 14.6. The molecule has 0 saturated heterocycles. The van der Waals surface area contributed by atoms with E-state index in [4.69, 9.17) is 0 Å². The standard InChI is InChI=1S/C20H31N/c1-9-16(7)20(13-17(8)21-15(5)6)14-19(12-4)18(10-2)11-3/h10-11,13-14,19,21H,2,5,7,9,12H2,1,3-4,6,8H3/b17-13+,18-11+,20-14-. The van der Waals surface area contributed by atoms with Gasteiger partial charge in [-0.15, -0.1) is 0 Å².